The zero-order chi connectivity index (χ0) is 18.5. The number of para-hydroxylation sites is 1. The Morgan fingerprint density at radius 1 is 1.19 bits per heavy atom. The van der Waals surface area contributed by atoms with Crippen LogP contribution in [0, 0.1) is 0 Å². The smallest absolute Gasteiger partial charge is 0.266 e. The number of hydrogen-bond acceptors (Lipinski definition) is 4. The molecule has 2 aromatic rings. The van der Waals surface area contributed by atoms with Gasteiger partial charge in [0.05, 0.1) is 23.7 Å². The molecule has 1 saturated heterocycles. The third-order valence-corrected chi connectivity index (χ3v) is 5.21. The van der Waals surface area contributed by atoms with Crippen LogP contribution in [-0.4, -0.2) is 36.2 Å². The van der Waals surface area contributed by atoms with Gasteiger partial charge in [0.25, 0.3) is 5.91 Å². The van der Waals surface area contributed by atoms with E-state index in [4.69, 9.17) is 27.9 Å². The highest BCUT2D eigenvalue weighted by Gasteiger charge is 2.33. The summed E-state index contributed by atoms with van der Waals surface area (Å²) in [5.41, 5.74) is 1.52. The number of thioether (sulfide) groups is 1. The second-order valence-electron chi connectivity index (χ2n) is 5.46. The summed E-state index contributed by atoms with van der Waals surface area (Å²) in [6.07, 6.45) is 1.76. The molecule has 7 heteroatoms. The van der Waals surface area contributed by atoms with Crippen LogP contribution in [0.1, 0.15) is 5.56 Å². The minimum Gasteiger partial charge on any atom is -0.383 e. The number of hydrogen-bond donors (Lipinski definition) is 0. The van der Waals surface area contributed by atoms with Crippen molar-refractivity contribution >= 4 is 57.8 Å². The van der Waals surface area contributed by atoms with Gasteiger partial charge in [0.15, 0.2) is 5.17 Å². The van der Waals surface area contributed by atoms with E-state index >= 15 is 0 Å². The van der Waals surface area contributed by atoms with Crippen molar-refractivity contribution in [3.05, 3.63) is 69.0 Å². The number of rotatable bonds is 5. The Morgan fingerprint density at radius 3 is 2.65 bits per heavy atom. The number of nitrogens with zero attached hydrogens (tertiary/aromatic N) is 2. The van der Waals surface area contributed by atoms with Crippen LogP contribution in [0.4, 0.5) is 5.69 Å². The number of aliphatic imine (C=N–C) groups is 1. The molecule has 1 heterocycles. The molecule has 0 atom stereocenters. The number of carbonyl (C=O) groups excluding carboxylic acids is 1. The normalized spacial score (nSPS) is 17.5. The summed E-state index contributed by atoms with van der Waals surface area (Å²) in [4.78, 5) is 19.6. The molecule has 0 unspecified atom stereocenters. The van der Waals surface area contributed by atoms with Gasteiger partial charge in [0, 0.05) is 17.2 Å². The van der Waals surface area contributed by atoms with Crippen LogP contribution >= 0.6 is 35.0 Å². The standard InChI is InChI=1S/C19H16Cl2N2O2S/c1-25-10-9-23-18(24)17(11-13-7-8-14(20)12-16(13)21)26-19(23)22-15-5-3-2-4-6-15/h2-8,11-12H,9-10H2,1H3/b17-11+,22-19?. The summed E-state index contributed by atoms with van der Waals surface area (Å²) in [6, 6.07) is 14.7. The van der Waals surface area contributed by atoms with E-state index in [2.05, 4.69) is 4.99 Å². The number of halogens is 2. The molecule has 2 aromatic carbocycles. The van der Waals surface area contributed by atoms with Crippen LogP contribution in [-0.2, 0) is 9.53 Å². The molecular formula is C19H16Cl2N2O2S. The molecule has 0 bridgehead atoms. The zero-order valence-electron chi connectivity index (χ0n) is 14.0. The summed E-state index contributed by atoms with van der Waals surface area (Å²) >= 11 is 13.5. The molecule has 1 aliphatic heterocycles. The minimum absolute atomic E-state index is 0.118. The highest BCUT2D eigenvalue weighted by atomic mass is 35.5. The van der Waals surface area contributed by atoms with E-state index in [-0.39, 0.29) is 5.91 Å². The molecule has 0 N–H and O–H groups in total. The third-order valence-electron chi connectivity index (χ3n) is 3.64. The van der Waals surface area contributed by atoms with Gasteiger partial charge in [-0.3, -0.25) is 9.69 Å². The lowest BCUT2D eigenvalue weighted by molar-refractivity contribution is -0.122. The van der Waals surface area contributed by atoms with E-state index in [9.17, 15) is 4.79 Å². The molecule has 1 aliphatic rings. The van der Waals surface area contributed by atoms with Gasteiger partial charge in [0.1, 0.15) is 0 Å². The maximum Gasteiger partial charge on any atom is 0.266 e. The lowest BCUT2D eigenvalue weighted by atomic mass is 10.2. The highest BCUT2D eigenvalue weighted by Crippen LogP contribution is 2.35. The molecule has 3 rings (SSSR count). The van der Waals surface area contributed by atoms with E-state index in [1.807, 2.05) is 30.3 Å². The number of carbonyl (C=O) groups is 1. The van der Waals surface area contributed by atoms with E-state index in [0.717, 1.165) is 11.3 Å². The monoisotopic (exact) mass is 406 g/mol. The topological polar surface area (TPSA) is 41.9 Å². The Bertz CT molecular complexity index is 869. The average Bonchev–Trinajstić information content (AvgIpc) is 2.91. The van der Waals surface area contributed by atoms with Gasteiger partial charge in [-0.25, -0.2) is 4.99 Å². The van der Waals surface area contributed by atoms with Crippen molar-refractivity contribution in [1.82, 2.24) is 4.90 Å². The van der Waals surface area contributed by atoms with Gasteiger partial charge in [-0.1, -0.05) is 47.5 Å². The van der Waals surface area contributed by atoms with Crippen molar-refractivity contribution in [1.29, 1.82) is 0 Å². The predicted molar refractivity (Wildman–Crippen MR) is 109 cm³/mol. The molecular weight excluding hydrogens is 391 g/mol. The van der Waals surface area contributed by atoms with Crippen molar-refractivity contribution in [2.75, 3.05) is 20.3 Å². The Hall–Kier alpha value is -1.79. The molecule has 1 fully saturated rings. The number of amides is 1. The lowest BCUT2D eigenvalue weighted by Crippen LogP contribution is -2.32. The molecule has 0 aliphatic carbocycles. The number of methoxy groups -OCH3 is 1. The summed E-state index contributed by atoms with van der Waals surface area (Å²) in [6.45, 7) is 0.856. The first-order chi connectivity index (χ1) is 12.6. The van der Waals surface area contributed by atoms with Gasteiger partial charge in [-0.15, -0.1) is 0 Å². The fourth-order valence-electron chi connectivity index (χ4n) is 2.34. The summed E-state index contributed by atoms with van der Waals surface area (Å²) in [7, 11) is 1.60. The minimum atomic E-state index is -0.118. The third kappa shape index (κ3) is 4.48. The van der Waals surface area contributed by atoms with Crippen molar-refractivity contribution in [3.63, 3.8) is 0 Å². The van der Waals surface area contributed by atoms with E-state index < -0.39 is 0 Å². The van der Waals surface area contributed by atoms with E-state index in [1.54, 1.807) is 36.3 Å². The van der Waals surface area contributed by atoms with Crippen molar-refractivity contribution < 1.29 is 9.53 Å². The van der Waals surface area contributed by atoms with Crippen LogP contribution in [0.3, 0.4) is 0 Å². The molecule has 0 radical (unpaired) electrons. The Kier molecular flexibility index (Phi) is 6.38. The fraction of sp³-hybridized carbons (Fsp3) is 0.158. The zero-order valence-corrected chi connectivity index (χ0v) is 16.3. The number of ether oxygens (including phenoxy) is 1. The summed E-state index contributed by atoms with van der Waals surface area (Å²) in [5.74, 6) is -0.118. The molecule has 26 heavy (non-hydrogen) atoms. The maximum atomic E-state index is 12.8. The van der Waals surface area contributed by atoms with Gasteiger partial charge in [-0.05, 0) is 47.7 Å². The SMILES string of the molecule is COCCN1C(=O)/C(=C\c2ccc(Cl)cc2Cl)SC1=Nc1ccccc1. The van der Waals surface area contributed by atoms with Crippen LogP contribution in [0.15, 0.2) is 58.4 Å². The Morgan fingerprint density at radius 2 is 1.96 bits per heavy atom. The molecule has 134 valence electrons. The first kappa shape index (κ1) is 19.0. The molecule has 1 amide bonds. The maximum absolute atomic E-state index is 12.8. The van der Waals surface area contributed by atoms with Crippen molar-refractivity contribution in [3.8, 4) is 0 Å². The first-order valence-corrected chi connectivity index (χ1v) is 9.45. The summed E-state index contributed by atoms with van der Waals surface area (Å²) in [5, 5.41) is 1.67. The molecule has 0 saturated carbocycles. The first-order valence-electron chi connectivity index (χ1n) is 7.87. The van der Waals surface area contributed by atoms with Crippen LogP contribution in [0.25, 0.3) is 6.08 Å². The lowest BCUT2D eigenvalue weighted by Gasteiger charge is -2.14. The second kappa shape index (κ2) is 8.73. The number of benzene rings is 2. The van der Waals surface area contributed by atoms with Crippen molar-refractivity contribution in [2.45, 2.75) is 0 Å². The van der Waals surface area contributed by atoms with E-state index in [1.165, 1.54) is 11.8 Å². The predicted octanol–water partition coefficient (Wildman–Crippen LogP) is 5.24. The summed E-state index contributed by atoms with van der Waals surface area (Å²) < 4.78 is 5.12. The highest BCUT2D eigenvalue weighted by molar-refractivity contribution is 8.18. The average molecular weight is 407 g/mol. The largest absolute Gasteiger partial charge is 0.383 e. The number of amidine groups is 1. The quantitative estimate of drug-likeness (QED) is 0.637. The second-order valence-corrected chi connectivity index (χ2v) is 7.31. The van der Waals surface area contributed by atoms with Gasteiger partial charge in [0.2, 0.25) is 0 Å². The Labute approximate surface area is 166 Å². The van der Waals surface area contributed by atoms with Gasteiger partial charge in [-0.2, -0.15) is 0 Å². The fourth-order valence-corrected chi connectivity index (χ4v) is 3.82. The van der Waals surface area contributed by atoms with E-state index in [0.29, 0.717) is 33.3 Å². The van der Waals surface area contributed by atoms with Gasteiger partial charge < -0.3 is 4.74 Å². The van der Waals surface area contributed by atoms with Crippen LogP contribution in [0.2, 0.25) is 10.0 Å². The molecule has 0 spiro atoms. The molecule has 4 nitrogen and oxygen atoms in total. The van der Waals surface area contributed by atoms with Gasteiger partial charge >= 0.3 is 0 Å². The molecule has 0 aromatic heterocycles. The van der Waals surface area contributed by atoms with Crippen LogP contribution in [0.5, 0.6) is 0 Å². The van der Waals surface area contributed by atoms with Crippen molar-refractivity contribution in [2.24, 2.45) is 4.99 Å². The Balaban J connectivity index is 1.94. The van der Waals surface area contributed by atoms with Crippen LogP contribution < -0.4 is 0 Å².